The minimum absolute atomic E-state index is 0.0745. The molecule has 1 unspecified atom stereocenters. The molecule has 1 aromatic rings. The highest BCUT2D eigenvalue weighted by molar-refractivity contribution is 5.93. The molecule has 1 fully saturated rings. The summed E-state index contributed by atoms with van der Waals surface area (Å²) in [5, 5.41) is 12.1. The number of rotatable bonds is 4. The number of aliphatic hydroxyl groups is 1. The van der Waals surface area contributed by atoms with Crippen LogP contribution in [0.15, 0.2) is 23.3 Å². The van der Waals surface area contributed by atoms with Crippen LogP contribution in [0.2, 0.25) is 0 Å². The second-order valence-corrected chi connectivity index (χ2v) is 4.04. The van der Waals surface area contributed by atoms with E-state index >= 15 is 0 Å². The molecule has 5 heteroatoms. The number of aliphatic hydroxyl groups excluding tert-OH is 1. The van der Waals surface area contributed by atoms with Gasteiger partial charge in [0, 0.05) is 25.0 Å². The zero-order chi connectivity index (χ0) is 11.5. The summed E-state index contributed by atoms with van der Waals surface area (Å²) in [5.74, 6) is -0.129. The van der Waals surface area contributed by atoms with Crippen molar-refractivity contribution >= 4 is 5.91 Å². The number of amides is 1. The van der Waals surface area contributed by atoms with Crippen molar-refractivity contribution in [2.45, 2.75) is 18.9 Å². The van der Waals surface area contributed by atoms with Gasteiger partial charge >= 0.3 is 0 Å². The van der Waals surface area contributed by atoms with Crippen LogP contribution in [0.5, 0.6) is 0 Å². The van der Waals surface area contributed by atoms with Crippen molar-refractivity contribution < 1.29 is 9.90 Å². The average Bonchev–Trinajstić information content (AvgIpc) is 3.10. The highest BCUT2D eigenvalue weighted by Crippen LogP contribution is 2.32. The van der Waals surface area contributed by atoms with E-state index in [2.05, 4.69) is 10.3 Å². The predicted molar refractivity (Wildman–Crippen MR) is 58.1 cm³/mol. The van der Waals surface area contributed by atoms with Crippen molar-refractivity contribution in [1.29, 1.82) is 0 Å². The molecule has 0 saturated heterocycles. The molecule has 2 rings (SSSR count). The Labute approximate surface area is 92.5 Å². The van der Waals surface area contributed by atoms with E-state index in [1.54, 1.807) is 0 Å². The molecule has 0 aliphatic heterocycles. The summed E-state index contributed by atoms with van der Waals surface area (Å²) >= 11 is 0. The van der Waals surface area contributed by atoms with Crippen molar-refractivity contribution in [3.63, 3.8) is 0 Å². The van der Waals surface area contributed by atoms with Crippen LogP contribution in [0.1, 0.15) is 23.2 Å². The molecule has 1 aliphatic carbocycles. The molecule has 1 aromatic heterocycles. The van der Waals surface area contributed by atoms with Crippen molar-refractivity contribution in [2.24, 2.45) is 5.92 Å². The number of H-pyrrole nitrogens is 1. The molecule has 3 N–H and O–H groups in total. The number of carbonyl (C=O) groups excluding carboxylic acids is 1. The quantitative estimate of drug-likeness (QED) is 0.664. The fraction of sp³-hybridized carbons (Fsp3) is 0.455. The van der Waals surface area contributed by atoms with E-state index in [0.29, 0.717) is 5.92 Å². The first-order valence-electron chi connectivity index (χ1n) is 5.32. The Morgan fingerprint density at radius 1 is 1.62 bits per heavy atom. The Kier molecular flexibility index (Phi) is 3.05. The number of carbonyl (C=O) groups is 1. The Morgan fingerprint density at radius 2 is 2.38 bits per heavy atom. The Bertz CT molecular complexity index is 437. The maximum absolute atomic E-state index is 11.6. The van der Waals surface area contributed by atoms with E-state index in [4.69, 9.17) is 0 Å². The van der Waals surface area contributed by atoms with Crippen molar-refractivity contribution in [2.75, 3.05) is 6.54 Å². The van der Waals surface area contributed by atoms with E-state index in [0.717, 1.165) is 12.8 Å². The highest BCUT2D eigenvalue weighted by atomic mass is 16.3. The first-order valence-corrected chi connectivity index (χ1v) is 5.32. The van der Waals surface area contributed by atoms with Gasteiger partial charge in [-0.15, -0.1) is 0 Å². The zero-order valence-electron chi connectivity index (χ0n) is 8.77. The van der Waals surface area contributed by atoms with Gasteiger partial charge in [-0.2, -0.15) is 0 Å². The van der Waals surface area contributed by atoms with Gasteiger partial charge < -0.3 is 15.4 Å². The molecule has 1 saturated carbocycles. The van der Waals surface area contributed by atoms with Gasteiger partial charge in [0.05, 0.1) is 6.10 Å². The minimum atomic E-state index is -0.494. The molecule has 5 nitrogen and oxygen atoms in total. The van der Waals surface area contributed by atoms with Crippen molar-refractivity contribution in [3.8, 4) is 0 Å². The van der Waals surface area contributed by atoms with Crippen LogP contribution in [0, 0.1) is 5.92 Å². The van der Waals surface area contributed by atoms with E-state index in [1.165, 1.54) is 18.5 Å². The van der Waals surface area contributed by atoms with Crippen LogP contribution in [0.3, 0.4) is 0 Å². The van der Waals surface area contributed by atoms with Crippen molar-refractivity contribution in [1.82, 2.24) is 10.3 Å². The summed E-state index contributed by atoms with van der Waals surface area (Å²) in [6.45, 7) is 0.206. The number of hydrogen-bond acceptors (Lipinski definition) is 3. The number of hydrogen-bond donors (Lipinski definition) is 3. The monoisotopic (exact) mass is 222 g/mol. The molecular formula is C11H14N2O3. The van der Waals surface area contributed by atoms with Gasteiger partial charge in [-0.25, -0.2) is 0 Å². The standard InChI is InChI=1S/C11H14N2O3/c14-9-3-4-12-5-8(9)11(16)13-6-10(15)7-1-2-7/h3-5,7,10,15H,1-2,6H2,(H,12,14)(H,13,16). The normalized spacial score (nSPS) is 16.8. The molecule has 0 aromatic carbocycles. The lowest BCUT2D eigenvalue weighted by Crippen LogP contribution is -2.35. The first kappa shape index (κ1) is 10.9. The van der Waals surface area contributed by atoms with Crippen LogP contribution < -0.4 is 10.7 Å². The molecule has 0 spiro atoms. The number of aromatic nitrogens is 1. The lowest BCUT2D eigenvalue weighted by atomic mass is 10.2. The third-order valence-electron chi connectivity index (χ3n) is 2.71. The third kappa shape index (κ3) is 2.49. The first-order chi connectivity index (χ1) is 7.68. The summed E-state index contributed by atoms with van der Waals surface area (Å²) in [6, 6.07) is 1.30. The van der Waals surface area contributed by atoms with Gasteiger partial charge in [0.15, 0.2) is 5.43 Å². The molecule has 1 amide bonds. The molecule has 1 aliphatic rings. The fourth-order valence-corrected chi connectivity index (χ4v) is 1.53. The van der Waals surface area contributed by atoms with Gasteiger partial charge in [-0.3, -0.25) is 9.59 Å². The second-order valence-electron chi connectivity index (χ2n) is 4.04. The molecule has 86 valence electrons. The predicted octanol–water partition coefficient (Wildman–Crippen LogP) is -0.124. The molecule has 0 bridgehead atoms. The third-order valence-corrected chi connectivity index (χ3v) is 2.71. The summed E-state index contributed by atoms with van der Waals surface area (Å²) in [6.07, 6.45) is 4.37. The molecule has 16 heavy (non-hydrogen) atoms. The van der Waals surface area contributed by atoms with Crippen LogP contribution in [0.25, 0.3) is 0 Å². The Morgan fingerprint density at radius 3 is 3.00 bits per heavy atom. The molecule has 1 atom stereocenters. The number of aromatic amines is 1. The number of pyridine rings is 1. The molecule has 0 radical (unpaired) electrons. The summed E-state index contributed by atoms with van der Waals surface area (Å²) in [7, 11) is 0. The van der Waals surface area contributed by atoms with Crippen LogP contribution in [-0.4, -0.2) is 28.6 Å². The number of nitrogens with one attached hydrogen (secondary N) is 2. The van der Waals surface area contributed by atoms with E-state index < -0.39 is 12.0 Å². The largest absolute Gasteiger partial charge is 0.391 e. The lowest BCUT2D eigenvalue weighted by molar-refractivity contribution is 0.0900. The summed E-state index contributed by atoms with van der Waals surface area (Å²) in [4.78, 5) is 25.6. The molecule has 1 heterocycles. The van der Waals surface area contributed by atoms with Gasteiger partial charge in [0.1, 0.15) is 5.56 Å². The topological polar surface area (TPSA) is 82.2 Å². The fourth-order valence-electron chi connectivity index (χ4n) is 1.53. The second kappa shape index (κ2) is 4.49. The van der Waals surface area contributed by atoms with Crippen LogP contribution in [-0.2, 0) is 0 Å². The zero-order valence-corrected chi connectivity index (χ0v) is 8.77. The average molecular weight is 222 g/mol. The molecular weight excluding hydrogens is 208 g/mol. The smallest absolute Gasteiger partial charge is 0.256 e. The van der Waals surface area contributed by atoms with Crippen LogP contribution >= 0.6 is 0 Å². The Balaban J connectivity index is 1.92. The SMILES string of the molecule is O=C(NCC(O)C1CC1)c1c[nH]ccc1=O. The van der Waals surface area contributed by atoms with Gasteiger partial charge in [-0.05, 0) is 18.8 Å². The summed E-state index contributed by atoms with van der Waals surface area (Å²) < 4.78 is 0. The van der Waals surface area contributed by atoms with E-state index in [1.807, 2.05) is 0 Å². The maximum Gasteiger partial charge on any atom is 0.256 e. The highest BCUT2D eigenvalue weighted by Gasteiger charge is 2.29. The summed E-state index contributed by atoms with van der Waals surface area (Å²) in [5.41, 5.74) is -0.248. The van der Waals surface area contributed by atoms with E-state index in [-0.39, 0.29) is 17.5 Å². The van der Waals surface area contributed by atoms with Gasteiger partial charge in [0.25, 0.3) is 5.91 Å². The van der Waals surface area contributed by atoms with Gasteiger partial charge in [0.2, 0.25) is 0 Å². The Hall–Kier alpha value is -1.62. The van der Waals surface area contributed by atoms with Crippen molar-refractivity contribution in [3.05, 3.63) is 34.2 Å². The maximum atomic E-state index is 11.6. The van der Waals surface area contributed by atoms with Gasteiger partial charge in [-0.1, -0.05) is 0 Å². The lowest BCUT2D eigenvalue weighted by Gasteiger charge is -2.09. The van der Waals surface area contributed by atoms with Crippen LogP contribution in [0.4, 0.5) is 0 Å². The minimum Gasteiger partial charge on any atom is -0.391 e. The van der Waals surface area contributed by atoms with E-state index in [9.17, 15) is 14.7 Å².